The molecule has 0 amide bonds. The van der Waals surface area contributed by atoms with Gasteiger partial charge in [-0.15, -0.1) is 0 Å². The van der Waals surface area contributed by atoms with Crippen LogP contribution in [0, 0.1) is 0 Å². The Balaban J connectivity index is 2.19. The summed E-state index contributed by atoms with van der Waals surface area (Å²) in [4.78, 5) is 11.4. The minimum absolute atomic E-state index is 0.107. The van der Waals surface area contributed by atoms with Gasteiger partial charge in [0.05, 0.1) is 6.04 Å². The lowest BCUT2D eigenvalue weighted by Crippen LogP contribution is -2.35. The van der Waals surface area contributed by atoms with Gasteiger partial charge in [-0.05, 0) is 25.0 Å². The highest BCUT2D eigenvalue weighted by molar-refractivity contribution is 5.80. The second-order valence-corrected chi connectivity index (χ2v) is 5.11. The van der Waals surface area contributed by atoms with Gasteiger partial charge in [-0.2, -0.15) is 0 Å². The van der Waals surface area contributed by atoms with E-state index in [2.05, 4.69) is 53.8 Å². The molecule has 0 heterocycles. The second-order valence-electron chi connectivity index (χ2n) is 5.11. The monoisotopic (exact) mass is 267 g/mol. The zero-order chi connectivity index (χ0) is 14.4. The summed E-state index contributed by atoms with van der Waals surface area (Å²) >= 11 is 0. The molecule has 20 heavy (non-hydrogen) atoms. The fourth-order valence-corrected chi connectivity index (χ4v) is 2.24. The molecule has 0 saturated carbocycles. The topological polar surface area (TPSA) is 29.1 Å². The predicted octanol–water partition coefficient (Wildman–Crippen LogP) is 3.39. The van der Waals surface area contributed by atoms with Gasteiger partial charge in [0.15, 0.2) is 0 Å². The van der Waals surface area contributed by atoms with Crippen molar-refractivity contribution < 1.29 is 4.79 Å². The number of rotatable bonds is 6. The molecule has 0 bridgehead atoms. The summed E-state index contributed by atoms with van der Waals surface area (Å²) < 4.78 is 0. The van der Waals surface area contributed by atoms with Crippen LogP contribution in [0.4, 0.5) is 0 Å². The van der Waals surface area contributed by atoms with Crippen molar-refractivity contribution in [2.45, 2.75) is 25.8 Å². The molecule has 104 valence electrons. The quantitative estimate of drug-likeness (QED) is 0.869. The van der Waals surface area contributed by atoms with Crippen molar-refractivity contribution in [1.29, 1.82) is 0 Å². The first-order valence-electron chi connectivity index (χ1n) is 7.02. The number of hydrogen-bond acceptors (Lipinski definition) is 2. The van der Waals surface area contributed by atoms with E-state index < -0.39 is 0 Å². The van der Waals surface area contributed by atoms with E-state index in [1.807, 2.05) is 19.1 Å². The van der Waals surface area contributed by atoms with E-state index in [1.165, 1.54) is 11.1 Å². The first-order valence-corrected chi connectivity index (χ1v) is 7.02. The molecule has 0 fully saturated rings. The Labute approximate surface area is 120 Å². The molecule has 0 aliphatic heterocycles. The highest BCUT2D eigenvalue weighted by atomic mass is 16.1. The third kappa shape index (κ3) is 3.78. The second kappa shape index (κ2) is 7.01. The SMILES string of the molecule is CC(=O)C(C)NCC(c1ccccc1)c1ccccc1. The fourth-order valence-electron chi connectivity index (χ4n) is 2.24. The van der Waals surface area contributed by atoms with E-state index in [4.69, 9.17) is 0 Å². The van der Waals surface area contributed by atoms with Crippen LogP contribution in [0.5, 0.6) is 0 Å². The van der Waals surface area contributed by atoms with E-state index in [1.54, 1.807) is 6.92 Å². The molecule has 2 aromatic carbocycles. The number of carbonyl (C=O) groups excluding carboxylic acids is 1. The molecule has 1 atom stereocenters. The summed E-state index contributed by atoms with van der Waals surface area (Å²) in [5, 5.41) is 3.33. The third-order valence-corrected chi connectivity index (χ3v) is 3.64. The molecule has 0 saturated heterocycles. The normalized spacial score (nSPS) is 12.3. The molecule has 0 aliphatic carbocycles. The third-order valence-electron chi connectivity index (χ3n) is 3.64. The smallest absolute Gasteiger partial charge is 0.146 e. The number of benzene rings is 2. The van der Waals surface area contributed by atoms with Gasteiger partial charge in [-0.3, -0.25) is 4.79 Å². The van der Waals surface area contributed by atoms with Crippen LogP contribution >= 0.6 is 0 Å². The minimum atomic E-state index is -0.107. The summed E-state index contributed by atoms with van der Waals surface area (Å²) in [5.74, 6) is 0.434. The van der Waals surface area contributed by atoms with Gasteiger partial charge in [0.2, 0.25) is 0 Å². The lowest BCUT2D eigenvalue weighted by Gasteiger charge is -2.20. The van der Waals surface area contributed by atoms with Crippen molar-refractivity contribution in [3.8, 4) is 0 Å². The van der Waals surface area contributed by atoms with Crippen molar-refractivity contribution in [3.63, 3.8) is 0 Å². The van der Waals surface area contributed by atoms with Gasteiger partial charge in [0.1, 0.15) is 5.78 Å². The van der Waals surface area contributed by atoms with Crippen LogP contribution in [0.25, 0.3) is 0 Å². The Bertz CT molecular complexity index is 496. The molecule has 0 spiro atoms. The van der Waals surface area contributed by atoms with Crippen LogP contribution in [-0.2, 0) is 4.79 Å². The largest absolute Gasteiger partial charge is 0.307 e. The van der Waals surface area contributed by atoms with Crippen LogP contribution in [-0.4, -0.2) is 18.4 Å². The van der Waals surface area contributed by atoms with Crippen molar-refractivity contribution in [2.24, 2.45) is 0 Å². The summed E-state index contributed by atoms with van der Waals surface area (Å²) in [6.45, 7) is 4.29. The van der Waals surface area contributed by atoms with Gasteiger partial charge in [0, 0.05) is 12.5 Å². The molecule has 2 rings (SSSR count). The Morgan fingerprint density at radius 3 is 1.80 bits per heavy atom. The maximum absolute atomic E-state index is 11.4. The van der Waals surface area contributed by atoms with E-state index in [9.17, 15) is 4.79 Å². The van der Waals surface area contributed by atoms with E-state index >= 15 is 0 Å². The molecule has 1 N–H and O–H groups in total. The van der Waals surface area contributed by atoms with Crippen LogP contribution in [0.2, 0.25) is 0 Å². The van der Waals surface area contributed by atoms with Crippen molar-refractivity contribution in [1.82, 2.24) is 5.32 Å². The molecule has 0 radical (unpaired) electrons. The predicted molar refractivity (Wildman–Crippen MR) is 82.9 cm³/mol. The Hall–Kier alpha value is -1.93. The highest BCUT2D eigenvalue weighted by Gasteiger charge is 2.15. The first-order chi connectivity index (χ1) is 9.68. The fraction of sp³-hybridized carbons (Fsp3) is 0.278. The van der Waals surface area contributed by atoms with Gasteiger partial charge in [-0.25, -0.2) is 0 Å². The zero-order valence-corrected chi connectivity index (χ0v) is 12.0. The maximum atomic E-state index is 11.4. The summed E-state index contributed by atoms with van der Waals surface area (Å²) in [7, 11) is 0. The number of hydrogen-bond donors (Lipinski definition) is 1. The van der Waals surface area contributed by atoms with Gasteiger partial charge in [0.25, 0.3) is 0 Å². The highest BCUT2D eigenvalue weighted by Crippen LogP contribution is 2.23. The molecule has 2 nitrogen and oxygen atoms in total. The summed E-state index contributed by atoms with van der Waals surface area (Å²) in [6.07, 6.45) is 0. The van der Waals surface area contributed by atoms with E-state index in [0.717, 1.165) is 6.54 Å². The maximum Gasteiger partial charge on any atom is 0.146 e. The number of Topliss-reactive ketones (excluding diaryl/α,β-unsaturated/α-hetero) is 1. The summed E-state index contributed by atoms with van der Waals surface area (Å²) in [5.41, 5.74) is 2.53. The Morgan fingerprint density at radius 1 is 0.950 bits per heavy atom. The molecule has 0 aliphatic rings. The molecule has 2 heteroatoms. The van der Waals surface area contributed by atoms with Crippen LogP contribution in [0.3, 0.4) is 0 Å². The average Bonchev–Trinajstić information content (AvgIpc) is 2.49. The minimum Gasteiger partial charge on any atom is -0.307 e. The number of carbonyl (C=O) groups is 1. The Morgan fingerprint density at radius 2 is 1.40 bits per heavy atom. The lowest BCUT2D eigenvalue weighted by atomic mass is 9.91. The van der Waals surface area contributed by atoms with Crippen molar-refractivity contribution in [2.75, 3.05) is 6.54 Å². The van der Waals surface area contributed by atoms with Gasteiger partial charge in [-0.1, -0.05) is 60.7 Å². The molecular formula is C18H21NO. The average molecular weight is 267 g/mol. The van der Waals surface area contributed by atoms with Crippen LogP contribution in [0.1, 0.15) is 30.9 Å². The summed E-state index contributed by atoms with van der Waals surface area (Å²) in [6, 6.07) is 20.7. The van der Waals surface area contributed by atoms with Crippen LogP contribution in [0.15, 0.2) is 60.7 Å². The lowest BCUT2D eigenvalue weighted by molar-refractivity contribution is -0.118. The first kappa shape index (κ1) is 14.5. The zero-order valence-electron chi connectivity index (χ0n) is 12.0. The molecule has 1 unspecified atom stereocenters. The molecule has 2 aromatic rings. The molecular weight excluding hydrogens is 246 g/mol. The molecule has 0 aromatic heterocycles. The standard InChI is InChI=1S/C18H21NO/c1-14(15(2)20)19-13-18(16-9-5-3-6-10-16)17-11-7-4-8-12-17/h3-12,14,18-19H,13H2,1-2H3. The van der Waals surface area contributed by atoms with Gasteiger partial charge >= 0.3 is 0 Å². The van der Waals surface area contributed by atoms with Crippen LogP contribution < -0.4 is 5.32 Å². The number of ketones is 1. The van der Waals surface area contributed by atoms with Gasteiger partial charge < -0.3 is 5.32 Å². The van der Waals surface area contributed by atoms with E-state index in [-0.39, 0.29) is 17.7 Å². The Kier molecular flexibility index (Phi) is 5.08. The van der Waals surface area contributed by atoms with E-state index in [0.29, 0.717) is 0 Å². The van der Waals surface area contributed by atoms with Crippen molar-refractivity contribution >= 4 is 5.78 Å². The van der Waals surface area contributed by atoms with Crippen molar-refractivity contribution in [3.05, 3.63) is 71.8 Å². The number of nitrogens with one attached hydrogen (secondary N) is 1.